The SMILES string of the molecule is CS(=O)(=O)c1cccc2c1CCCN2C1=NCc2nc(N3CCC4(CC3)Cc3ccc(F)cc3[C@H]4N)cnc21. The first-order valence-electron chi connectivity index (χ1n) is 13.5. The second kappa shape index (κ2) is 8.82. The topological polar surface area (TPSA) is 105 Å². The van der Waals surface area contributed by atoms with Crippen molar-refractivity contribution in [2.45, 2.75) is 49.6 Å². The molecule has 3 aliphatic heterocycles. The Hall–Kier alpha value is -3.37. The number of sulfone groups is 1. The van der Waals surface area contributed by atoms with Gasteiger partial charge in [-0.25, -0.2) is 22.8 Å². The van der Waals surface area contributed by atoms with Gasteiger partial charge in [-0.2, -0.15) is 0 Å². The molecule has 1 aromatic heterocycles. The molecule has 1 saturated heterocycles. The van der Waals surface area contributed by atoms with Gasteiger partial charge in [-0.1, -0.05) is 12.1 Å². The number of fused-ring (bicyclic) bond motifs is 3. The molecule has 0 saturated carbocycles. The highest BCUT2D eigenvalue weighted by molar-refractivity contribution is 7.90. The van der Waals surface area contributed by atoms with Crippen molar-refractivity contribution in [3.63, 3.8) is 0 Å². The van der Waals surface area contributed by atoms with Gasteiger partial charge in [0.15, 0.2) is 15.7 Å². The molecular formula is C29H31FN6O2S. The number of nitrogens with zero attached hydrogens (tertiary/aromatic N) is 5. The Labute approximate surface area is 227 Å². The molecule has 4 aliphatic rings. The lowest BCUT2D eigenvalue weighted by molar-refractivity contribution is 0.187. The van der Waals surface area contributed by atoms with Gasteiger partial charge >= 0.3 is 0 Å². The molecule has 0 bridgehead atoms. The van der Waals surface area contributed by atoms with Crippen LogP contribution < -0.4 is 15.5 Å². The van der Waals surface area contributed by atoms with Crippen LogP contribution in [-0.4, -0.2) is 50.1 Å². The van der Waals surface area contributed by atoms with Crippen LogP contribution in [0.4, 0.5) is 15.9 Å². The minimum absolute atomic E-state index is 0.0421. The van der Waals surface area contributed by atoms with E-state index in [2.05, 4.69) is 9.80 Å². The number of halogens is 1. The quantitative estimate of drug-likeness (QED) is 0.524. The molecule has 1 aliphatic carbocycles. The zero-order chi connectivity index (χ0) is 26.9. The molecule has 10 heteroatoms. The Bertz CT molecular complexity index is 1630. The predicted molar refractivity (Wildman–Crippen MR) is 148 cm³/mol. The number of aliphatic imine (C=N–C) groups is 1. The largest absolute Gasteiger partial charge is 0.355 e. The number of hydrogen-bond donors (Lipinski definition) is 1. The van der Waals surface area contributed by atoms with Crippen molar-refractivity contribution in [1.82, 2.24) is 9.97 Å². The lowest BCUT2D eigenvalue weighted by Crippen LogP contribution is -2.44. The van der Waals surface area contributed by atoms with Crippen LogP contribution in [0.2, 0.25) is 0 Å². The number of hydrogen-bond acceptors (Lipinski definition) is 8. The summed E-state index contributed by atoms with van der Waals surface area (Å²) in [6, 6.07) is 10.3. The molecule has 3 aromatic rings. The van der Waals surface area contributed by atoms with E-state index in [1.807, 2.05) is 18.3 Å². The summed E-state index contributed by atoms with van der Waals surface area (Å²) in [5.74, 6) is 1.38. The second-order valence-electron chi connectivity index (χ2n) is 11.3. The first-order valence-corrected chi connectivity index (χ1v) is 15.4. The van der Waals surface area contributed by atoms with E-state index in [1.165, 1.54) is 17.9 Å². The average molecular weight is 547 g/mol. The van der Waals surface area contributed by atoms with Crippen molar-refractivity contribution < 1.29 is 12.8 Å². The average Bonchev–Trinajstić information content (AvgIpc) is 3.46. The van der Waals surface area contributed by atoms with Gasteiger partial charge in [-0.3, -0.25) is 4.99 Å². The van der Waals surface area contributed by atoms with Gasteiger partial charge in [-0.05, 0) is 78.5 Å². The lowest BCUT2D eigenvalue weighted by Gasteiger charge is -2.42. The maximum atomic E-state index is 13.9. The smallest absolute Gasteiger partial charge is 0.175 e. The molecule has 202 valence electrons. The molecule has 1 fully saturated rings. The molecule has 39 heavy (non-hydrogen) atoms. The summed E-state index contributed by atoms with van der Waals surface area (Å²) in [6.45, 7) is 2.84. The van der Waals surface area contributed by atoms with Gasteiger partial charge in [0.2, 0.25) is 0 Å². The number of benzene rings is 2. The van der Waals surface area contributed by atoms with Crippen LogP contribution in [0.5, 0.6) is 0 Å². The third-order valence-electron chi connectivity index (χ3n) is 9.01. The summed E-state index contributed by atoms with van der Waals surface area (Å²) in [5.41, 5.74) is 12.1. The fraction of sp³-hybridized carbons (Fsp3) is 0.414. The van der Waals surface area contributed by atoms with E-state index in [1.54, 1.807) is 18.2 Å². The molecule has 0 amide bonds. The van der Waals surface area contributed by atoms with Crippen LogP contribution in [0.15, 0.2) is 52.5 Å². The number of anilines is 2. The predicted octanol–water partition coefficient (Wildman–Crippen LogP) is 3.57. The van der Waals surface area contributed by atoms with Crippen molar-refractivity contribution in [1.29, 1.82) is 0 Å². The van der Waals surface area contributed by atoms with Crippen molar-refractivity contribution in [3.05, 3.63) is 76.5 Å². The van der Waals surface area contributed by atoms with E-state index in [-0.39, 0.29) is 17.3 Å². The van der Waals surface area contributed by atoms with Crippen LogP contribution in [-0.2, 0) is 29.2 Å². The molecule has 2 N–H and O–H groups in total. The highest BCUT2D eigenvalue weighted by Crippen LogP contribution is 2.51. The van der Waals surface area contributed by atoms with Crippen LogP contribution in [0.25, 0.3) is 0 Å². The van der Waals surface area contributed by atoms with E-state index < -0.39 is 9.84 Å². The maximum Gasteiger partial charge on any atom is 0.175 e. The monoisotopic (exact) mass is 546 g/mol. The minimum Gasteiger partial charge on any atom is -0.355 e. The molecule has 1 spiro atoms. The lowest BCUT2D eigenvalue weighted by atomic mass is 9.73. The van der Waals surface area contributed by atoms with E-state index >= 15 is 0 Å². The van der Waals surface area contributed by atoms with Gasteiger partial charge in [0.25, 0.3) is 0 Å². The minimum atomic E-state index is -3.32. The third kappa shape index (κ3) is 3.95. The van der Waals surface area contributed by atoms with E-state index in [0.29, 0.717) is 11.4 Å². The van der Waals surface area contributed by atoms with Crippen LogP contribution in [0.3, 0.4) is 0 Å². The van der Waals surface area contributed by atoms with Crippen LogP contribution in [0.1, 0.15) is 53.4 Å². The van der Waals surface area contributed by atoms with Crippen molar-refractivity contribution in [2.75, 3.05) is 35.7 Å². The number of nitrogens with two attached hydrogens (primary N) is 1. The fourth-order valence-corrected chi connectivity index (χ4v) is 7.95. The van der Waals surface area contributed by atoms with Crippen LogP contribution in [0, 0.1) is 11.2 Å². The van der Waals surface area contributed by atoms with Gasteiger partial charge in [0.05, 0.1) is 23.3 Å². The third-order valence-corrected chi connectivity index (χ3v) is 10.2. The zero-order valence-electron chi connectivity index (χ0n) is 21.9. The van der Waals surface area contributed by atoms with Crippen molar-refractivity contribution >= 4 is 27.2 Å². The molecule has 1 atom stereocenters. The van der Waals surface area contributed by atoms with Crippen molar-refractivity contribution in [2.24, 2.45) is 16.1 Å². The molecule has 8 nitrogen and oxygen atoms in total. The highest BCUT2D eigenvalue weighted by Gasteiger charge is 2.46. The Kier molecular flexibility index (Phi) is 5.58. The molecular weight excluding hydrogens is 515 g/mol. The molecule has 7 rings (SSSR count). The number of piperidine rings is 1. The fourth-order valence-electron chi connectivity index (χ4n) is 6.97. The Morgan fingerprint density at radius 1 is 1.13 bits per heavy atom. The van der Waals surface area contributed by atoms with Crippen molar-refractivity contribution in [3.8, 4) is 0 Å². The Balaban J connectivity index is 1.10. The maximum absolute atomic E-state index is 13.9. The van der Waals surface area contributed by atoms with E-state index in [9.17, 15) is 12.8 Å². The second-order valence-corrected chi connectivity index (χ2v) is 13.3. The molecule has 2 aromatic carbocycles. The highest BCUT2D eigenvalue weighted by atomic mass is 32.2. The summed E-state index contributed by atoms with van der Waals surface area (Å²) in [5, 5.41) is 0. The van der Waals surface area contributed by atoms with Gasteiger partial charge < -0.3 is 15.5 Å². The summed E-state index contributed by atoms with van der Waals surface area (Å²) < 4.78 is 38.6. The Morgan fingerprint density at radius 3 is 2.74 bits per heavy atom. The summed E-state index contributed by atoms with van der Waals surface area (Å²) >= 11 is 0. The van der Waals surface area contributed by atoms with Crippen LogP contribution >= 0.6 is 0 Å². The van der Waals surface area contributed by atoms with E-state index in [0.717, 1.165) is 91.6 Å². The molecule has 0 radical (unpaired) electrons. The summed E-state index contributed by atoms with van der Waals surface area (Å²) in [4.78, 5) is 19.3. The standard InChI is InChI=1S/C29H31FN6O2S/c1-39(37,38)24-6-2-5-23-20(24)4-3-11-36(23)28-26-22(16-33-28)34-25(17-32-26)35-12-9-29(10-13-35)15-18-7-8-19(30)14-21(18)27(29)31/h2,5-8,14,17,27H,3-4,9-13,15-16,31H2,1H3/t27-/m1/s1. The Morgan fingerprint density at radius 2 is 1.95 bits per heavy atom. The zero-order valence-corrected chi connectivity index (χ0v) is 22.7. The first kappa shape index (κ1) is 24.7. The number of rotatable bonds is 2. The summed E-state index contributed by atoms with van der Waals surface area (Å²) in [6.07, 6.45) is 7.37. The molecule has 4 heterocycles. The molecule has 0 unspecified atom stereocenters. The number of amidine groups is 1. The van der Waals surface area contributed by atoms with Gasteiger partial charge in [-0.15, -0.1) is 0 Å². The van der Waals surface area contributed by atoms with Gasteiger partial charge in [0.1, 0.15) is 17.3 Å². The first-order chi connectivity index (χ1) is 18.7. The number of aromatic nitrogens is 2. The summed E-state index contributed by atoms with van der Waals surface area (Å²) in [7, 11) is -3.32. The van der Waals surface area contributed by atoms with E-state index in [4.69, 9.17) is 20.7 Å². The van der Waals surface area contributed by atoms with Gasteiger partial charge in [0, 0.05) is 37.6 Å². The normalized spacial score (nSPS) is 21.5.